The Morgan fingerprint density at radius 1 is 1.47 bits per heavy atom. The molecule has 1 aromatic carbocycles. The van der Waals surface area contributed by atoms with Gasteiger partial charge in [-0.05, 0) is 25.7 Å². The Morgan fingerprint density at radius 3 is 2.67 bits per heavy atom. The number of hydrogen-bond donors (Lipinski definition) is 2. The number of hydrogen-bond acceptors (Lipinski definition) is 3. The predicted molar refractivity (Wildman–Crippen MR) is 66.0 cm³/mol. The summed E-state index contributed by atoms with van der Waals surface area (Å²) in [5, 5.41) is 9.63. The standard InChI is InChI=1S/C11H16N2OS/c1-13(2)7-9-5-8(6-11(12)15)3-4-10(9)14/h3-5,14H,6-7H2,1-2H3,(H2,12,15). The summed E-state index contributed by atoms with van der Waals surface area (Å²) in [7, 11) is 3.92. The van der Waals surface area contributed by atoms with Crippen molar-refractivity contribution in [1.29, 1.82) is 0 Å². The molecule has 0 aliphatic carbocycles. The average Bonchev–Trinajstić information content (AvgIpc) is 2.09. The van der Waals surface area contributed by atoms with Crippen molar-refractivity contribution in [3.63, 3.8) is 0 Å². The Balaban J connectivity index is 2.89. The highest BCUT2D eigenvalue weighted by Crippen LogP contribution is 2.19. The largest absolute Gasteiger partial charge is 0.508 e. The highest BCUT2D eigenvalue weighted by molar-refractivity contribution is 7.80. The van der Waals surface area contributed by atoms with Gasteiger partial charge >= 0.3 is 0 Å². The summed E-state index contributed by atoms with van der Waals surface area (Å²) >= 11 is 4.85. The molecule has 15 heavy (non-hydrogen) atoms. The van der Waals surface area contributed by atoms with Crippen molar-refractivity contribution >= 4 is 17.2 Å². The fourth-order valence-electron chi connectivity index (χ4n) is 1.42. The van der Waals surface area contributed by atoms with Crippen LogP contribution in [-0.4, -0.2) is 29.1 Å². The van der Waals surface area contributed by atoms with Gasteiger partial charge in [-0.1, -0.05) is 24.4 Å². The fourth-order valence-corrected chi connectivity index (χ4v) is 1.58. The summed E-state index contributed by atoms with van der Waals surface area (Å²) in [5.74, 6) is 0.315. The van der Waals surface area contributed by atoms with E-state index in [4.69, 9.17) is 18.0 Å². The van der Waals surface area contributed by atoms with Crippen molar-refractivity contribution in [3.8, 4) is 5.75 Å². The van der Waals surface area contributed by atoms with Crippen LogP contribution in [0.25, 0.3) is 0 Å². The van der Waals surface area contributed by atoms with Crippen LogP contribution in [0.5, 0.6) is 5.75 Å². The van der Waals surface area contributed by atoms with E-state index in [0.717, 1.165) is 11.1 Å². The lowest BCUT2D eigenvalue weighted by Crippen LogP contribution is -2.13. The highest BCUT2D eigenvalue weighted by Gasteiger charge is 2.04. The van der Waals surface area contributed by atoms with Crippen LogP contribution in [0, 0.1) is 0 Å². The molecule has 4 heteroatoms. The molecule has 3 nitrogen and oxygen atoms in total. The van der Waals surface area contributed by atoms with E-state index >= 15 is 0 Å². The Hall–Kier alpha value is -1.13. The van der Waals surface area contributed by atoms with Gasteiger partial charge in [0.1, 0.15) is 5.75 Å². The monoisotopic (exact) mass is 224 g/mol. The van der Waals surface area contributed by atoms with E-state index in [1.54, 1.807) is 6.07 Å². The van der Waals surface area contributed by atoms with Gasteiger partial charge in [0.05, 0.1) is 4.99 Å². The zero-order chi connectivity index (χ0) is 11.4. The quantitative estimate of drug-likeness (QED) is 0.757. The summed E-state index contributed by atoms with van der Waals surface area (Å²) < 4.78 is 0. The summed E-state index contributed by atoms with van der Waals surface area (Å²) in [4.78, 5) is 2.47. The molecule has 0 bridgehead atoms. The minimum atomic E-state index is 0.315. The van der Waals surface area contributed by atoms with Crippen LogP contribution in [-0.2, 0) is 13.0 Å². The topological polar surface area (TPSA) is 49.5 Å². The first-order valence-electron chi connectivity index (χ1n) is 4.73. The second-order valence-electron chi connectivity index (χ2n) is 3.84. The molecule has 0 saturated carbocycles. The first-order chi connectivity index (χ1) is 6.99. The van der Waals surface area contributed by atoms with Crippen molar-refractivity contribution < 1.29 is 5.11 Å². The Labute approximate surface area is 95.5 Å². The molecule has 0 aliphatic heterocycles. The Morgan fingerprint density at radius 2 is 2.13 bits per heavy atom. The van der Waals surface area contributed by atoms with Gasteiger partial charge < -0.3 is 15.7 Å². The molecule has 1 aromatic rings. The second kappa shape index (κ2) is 5.09. The fraction of sp³-hybridized carbons (Fsp3) is 0.364. The minimum Gasteiger partial charge on any atom is -0.508 e. The van der Waals surface area contributed by atoms with E-state index in [0.29, 0.717) is 23.7 Å². The molecule has 0 aromatic heterocycles. The van der Waals surface area contributed by atoms with Gasteiger partial charge in [-0.3, -0.25) is 0 Å². The number of rotatable bonds is 4. The maximum absolute atomic E-state index is 9.63. The SMILES string of the molecule is CN(C)Cc1cc(CC(N)=S)ccc1O. The lowest BCUT2D eigenvalue weighted by molar-refractivity contribution is 0.385. The van der Waals surface area contributed by atoms with Gasteiger partial charge in [0.2, 0.25) is 0 Å². The van der Waals surface area contributed by atoms with E-state index in [1.807, 2.05) is 31.1 Å². The molecule has 0 radical (unpaired) electrons. The summed E-state index contributed by atoms with van der Waals surface area (Å²) in [6.45, 7) is 0.705. The second-order valence-corrected chi connectivity index (χ2v) is 4.37. The molecule has 0 heterocycles. The van der Waals surface area contributed by atoms with Crippen LogP contribution in [0.3, 0.4) is 0 Å². The summed E-state index contributed by atoms with van der Waals surface area (Å²) in [5.41, 5.74) is 7.41. The minimum absolute atomic E-state index is 0.315. The summed E-state index contributed by atoms with van der Waals surface area (Å²) in [6, 6.07) is 5.47. The van der Waals surface area contributed by atoms with Crippen LogP contribution >= 0.6 is 12.2 Å². The Kier molecular flexibility index (Phi) is 4.05. The smallest absolute Gasteiger partial charge is 0.120 e. The lowest BCUT2D eigenvalue weighted by atomic mass is 10.1. The lowest BCUT2D eigenvalue weighted by Gasteiger charge is -2.12. The molecule has 0 amide bonds. The summed E-state index contributed by atoms with van der Waals surface area (Å²) in [6.07, 6.45) is 0.579. The molecular weight excluding hydrogens is 208 g/mol. The normalized spacial score (nSPS) is 10.6. The molecule has 0 atom stereocenters. The van der Waals surface area contributed by atoms with Gasteiger partial charge in [-0.15, -0.1) is 0 Å². The van der Waals surface area contributed by atoms with Crippen molar-refractivity contribution in [2.45, 2.75) is 13.0 Å². The molecular formula is C11H16N2OS. The average molecular weight is 224 g/mol. The molecule has 0 spiro atoms. The molecule has 1 rings (SSSR count). The van der Waals surface area contributed by atoms with E-state index < -0.39 is 0 Å². The van der Waals surface area contributed by atoms with E-state index in [9.17, 15) is 5.11 Å². The third-order valence-electron chi connectivity index (χ3n) is 2.01. The third kappa shape index (κ3) is 3.85. The number of aromatic hydroxyl groups is 1. The highest BCUT2D eigenvalue weighted by atomic mass is 32.1. The van der Waals surface area contributed by atoms with Crippen LogP contribution < -0.4 is 5.73 Å². The number of benzene rings is 1. The van der Waals surface area contributed by atoms with Gasteiger partial charge in [-0.25, -0.2) is 0 Å². The van der Waals surface area contributed by atoms with Gasteiger partial charge in [-0.2, -0.15) is 0 Å². The molecule has 82 valence electrons. The van der Waals surface area contributed by atoms with E-state index in [-0.39, 0.29) is 0 Å². The van der Waals surface area contributed by atoms with Crippen LogP contribution in [0.4, 0.5) is 0 Å². The van der Waals surface area contributed by atoms with Crippen molar-refractivity contribution in [3.05, 3.63) is 29.3 Å². The predicted octanol–water partition coefficient (Wildman–Crippen LogP) is 1.28. The van der Waals surface area contributed by atoms with Crippen LogP contribution in [0.1, 0.15) is 11.1 Å². The number of thiocarbonyl (C=S) groups is 1. The molecule has 0 unspecified atom stereocenters. The number of phenolic OH excluding ortho intramolecular Hbond substituents is 1. The molecule has 0 saturated heterocycles. The maximum atomic E-state index is 9.63. The maximum Gasteiger partial charge on any atom is 0.120 e. The Bertz CT molecular complexity index is 364. The number of nitrogens with zero attached hydrogens (tertiary/aromatic N) is 1. The first-order valence-corrected chi connectivity index (χ1v) is 5.13. The van der Waals surface area contributed by atoms with Crippen molar-refractivity contribution in [1.82, 2.24) is 4.90 Å². The van der Waals surface area contributed by atoms with Crippen LogP contribution in [0.2, 0.25) is 0 Å². The van der Waals surface area contributed by atoms with Gasteiger partial charge in [0, 0.05) is 18.5 Å². The van der Waals surface area contributed by atoms with Crippen LogP contribution in [0.15, 0.2) is 18.2 Å². The van der Waals surface area contributed by atoms with Crippen molar-refractivity contribution in [2.24, 2.45) is 5.73 Å². The van der Waals surface area contributed by atoms with Gasteiger partial charge in [0.25, 0.3) is 0 Å². The first kappa shape index (κ1) is 11.9. The molecule has 3 N–H and O–H groups in total. The number of nitrogens with two attached hydrogens (primary N) is 1. The third-order valence-corrected chi connectivity index (χ3v) is 2.15. The van der Waals surface area contributed by atoms with Gasteiger partial charge in [0.15, 0.2) is 0 Å². The molecule has 0 aliphatic rings. The number of phenols is 1. The zero-order valence-corrected chi connectivity index (χ0v) is 9.84. The van der Waals surface area contributed by atoms with Crippen molar-refractivity contribution in [2.75, 3.05) is 14.1 Å². The zero-order valence-electron chi connectivity index (χ0n) is 9.03. The van der Waals surface area contributed by atoms with E-state index in [1.165, 1.54) is 0 Å². The molecule has 0 fully saturated rings. The van der Waals surface area contributed by atoms with E-state index in [2.05, 4.69) is 0 Å².